The molecule has 6 rings (SSSR count). The van der Waals surface area contributed by atoms with Gasteiger partial charge in [0.25, 0.3) is 5.91 Å². The highest BCUT2D eigenvalue weighted by Crippen LogP contribution is 2.37. The summed E-state index contributed by atoms with van der Waals surface area (Å²) in [7, 11) is 0. The average Bonchev–Trinajstić information content (AvgIpc) is 2.88. The number of fused-ring (bicyclic) bond motifs is 3. The second-order valence-corrected chi connectivity index (χ2v) is 10.1. The first-order valence-electron chi connectivity index (χ1n) is 12.6. The van der Waals surface area contributed by atoms with Gasteiger partial charge in [-0.25, -0.2) is 0 Å². The first-order chi connectivity index (χ1) is 16.9. The molecule has 8 heteroatoms. The number of nitrogens with one attached hydrogen (secondary N) is 1. The van der Waals surface area contributed by atoms with E-state index in [0.29, 0.717) is 24.4 Å². The summed E-state index contributed by atoms with van der Waals surface area (Å²) in [6.45, 7) is 8.09. The molecule has 0 spiro atoms. The normalized spacial score (nSPS) is 27.1. The third-order valence-corrected chi connectivity index (χ3v) is 7.97. The number of para-hydroxylation sites is 1. The van der Waals surface area contributed by atoms with Crippen molar-refractivity contribution in [3.63, 3.8) is 0 Å². The lowest BCUT2D eigenvalue weighted by atomic mass is 9.75. The molecular formula is C27H33F3N4O. The lowest BCUT2D eigenvalue weighted by molar-refractivity contribution is -0.137. The van der Waals surface area contributed by atoms with E-state index in [2.05, 4.69) is 50.3 Å². The summed E-state index contributed by atoms with van der Waals surface area (Å²) in [4.78, 5) is 20.1. The van der Waals surface area contributed by atoms with Crippen LogP contribution >= 0.6 is 0 Å². The summed E-state index contributed by atoms with van der Waals surface area (Å²) in [5.41, 5.74) is 0.829. The molecule has 1 unspecified atom stereocenters. The molecule has 1 amide bonds. The molecule has 4 saturated heterocycles. The van der Waals surface area contributed by atoms with Gasteiger partial charge in [-0.15, -0.1) is 0 Å². The molecule has 0 saturated carbocycles. The predicted molar refractivity (Wildman–Crippen MR) is 130 cm³/mol. The molecule has 0 aliphatic carbocycles. The molecule has 4 heterocycles. The van der Waals surface area contributed by atoms with Crippen molar-refractivity contribution in [1.29, 1.82) is 0 Å². The number of benzene rings is 2. The first kappa shape index (κ1) is 24.1. The molecule has 188 valence electrons. The van der Waals surface area contributed by atoms with E-state index in [1.165, 1.54) is 24.2 Å². The van der Waals surface area contributed by atoms with E-state index in [1.807, 2.05) is 0 Å². The van der Waals surface area contributed by atoms with Crippen LogP contribution in [0.1, 0.15) is 28.8 Å². The maximum absolute atomic E-state index is 12.8. The van der Waals surface area contributed by atoms with Crippen molar-refractivity contribution >= 4 is 11.6 Å². The Bertz CT molecular complexity index is 990. The van der Waals surface area contributed by atoms with E-state index >= 15 is 0 Å². The highest BCUT2D eigenvalue weighted by Gasteiger charge is 2.40. The van der Waals surface area contributed by atoms with Crippen molar-refractivity contribution in [2.24, 2.45) is 11.8 Å². The highest BCUT2D eigenvalue weighted by atomic mass is 19.4. The molecule has 2 aromatic rings. The van der Waals surface area contributed by atoms with Gasteiger partial charge in [-0.05, 0) is 67.6 Å². The maximum atomic E-state index is 12.8. The second-order valence-electron chi connectivity index (χ2n) is 10.1. The number of hydrogen-bond donors (Lipinski definition) is 1. The molecule has 0 radical (unpaired) electrons. The van der Waals surface area contributed by atoms with Gasteiger partial charge in [0, 0.05) is 63.1 Å². The zero-order valence-corrected chi connectivity index (χ0v) is 19.9. The number of nitrogens with zero attached hydrogens (tertiary/aromatic N) is 3. The van der Waals surface area contributed by atoms with Crippen molar-refractivity contribution in [3.05, 3.63) is 65.7 Å². The smallest absolute Gasteiger partial charge is 0.369 e. The lowest BCUT2D eigenvalue weighted by Gasteiger charge is -2.51. The zero-order chi connectivity index (χ0) is 24.4. The van der Waals surface area contributed by atoms with Gasteiger partial charge in [0.1, 0.15) is 0 Å². The van der Waals surface area contributed by atoms with Crippen molar-refractivity contribution < 1.29 is 18.0 Å². The van der Waals surface area contributed by atoms with Crippen LogP contribution in [0.25, 0.3) is 0 Å². The molecule has 1 N–H and O–H groups in total. The predicted octanol–water partition coefficient (Wildman–Crippen LogP) is 3.97. The van der Waals surface area contributed by atoms with Crippen LogP contribution in [-0.4, -0.2) is 74.1 Å². The molecule has 0 aromatic heterocycles. The lowest BCUT2D eigenvalue weighted by Crippen LogP contribution is -2.59. The number of piperazine rings is 1. The van der Waals surface area contributed by atoms with Crippen LogP contribution in [0.15, 0.2) is 54.6 Å². The Balaban J connectivity index is 1.08. The zero-order valence-electron chi connectivity index (χ0n) is 19.9. The minimum atomic E-state index is -4.39. The molecule has 4 atom stereocenters. The van der Waals surface area contributed by atoms with E-state index in [-0.39, 0.29) is 11.5 Å². The quantitative estimate of drug-likeness (QED) is 0.671. The summed E-state index contributed by atoms with van der Waals surface area (Å²) in [5.74, 6) is 1.02. The van der Waals surface area contributed by atoms with E-state index in [4.69, 9.17) is 0 Å². The number of anilines is 1. The molecule has 4 aliphatic heterocycles. The van der Waals surface area contributed by atoms with Gasteiger partial charge < -0.3 is 10.2 Å². The molecule has 4 aliphatic rings. The standard InChI is InChI=1S/C27H33F3N4O/c28-27(29,30)23-8-6-20(7-9-23)26(35)31-17-25-16-21-10-11-34(25)19-22(21)18-32-12-14-33(15-13-32)24-4-2-1-3-5-24/h1-9,21-22,25H,10-19H2,(H,31,35)/t21-,22-,25+/m0/s1. The van der Waals surface area contributed by atoms with Gasteiger partial charge in [0.2, 0.25) is 0 Å². The molecular weight excluding hydrogens is 453 g/mol. The molecule has 5 nitrogen and oxygen atoms in total. The van der Waals surface area contributed by atoms with Gasteiger partial charge in [-0.2, -0.15) is 13.2 Å². The topological polar surface area (TPSA) is 38.8 Å². The van der Waals surface area contributed by atoms with E-state index < -0.39 is 11.7 Å². The van der Waals surface area contributed by atoms with Gasteiger partial charge in [0.15, 0.2) is 0 Å². The third-order valence-electron chi connectivity index (χ3n) is 7.97. The third kappa shape index (κ3) is 5.64. The number of piperidine rings is 3. The minimum absolute atomic E-state index is 0.265. The summed E-state index contributed by atoms with van der Waals surface area (Å²) >= 11 is 0. The van der Waals surface area contributed by atoms with Crippen LogP contribution in [0.5, 0.6) is 0 Å². The summed E-state index contributed by atoms with van der Waals surface area (Å²) in [6.07, 6.45) is -2.12. The number of amides is 1. The first-order valence-corrected chi connectivity index (χ1v) is 12.6. The van der Waals surface area contributed by atoms with Crippen molar-refractivity contribution in [2.45, 2.75) is 25.1 Å². The van der Waals surface area contributed by atoms with Gasteiger partial charge in [-0.3, -0.25) is 14.6 Å². The molecule has 4 fully saturated rings. The Morgan fingerprint density at radius 2 is 1.66 bits per heavy atom. The Morgan fingerprint density at radius 3 is 2.29 bits per heavy atom. The van der Waals surface area contributed by atoms with Crippen molar-refractivity contribution in [3.8, 4) is 0 Å². The maximum Gasteiger partial charge on any atom is 0.416 e. The Morgan fingerprint density at radius 1 is 0.943 bits per heavy atom. The van der Waals surface area contributed by atoms with E-state index in [1.54, 1.807) is 0 Å². The van der Waals surface area contributed by atoms with Gasteiger partial charge in [-0.1, -0.05) is 18.2 Å². The number of rotatable bonds is 6. The van der Waals surface area contributed by atoms with Crippen LogP contribution in [0.2, 0.25) is 0 Å². The highest BCUT2D eigenvalue weighted by molar-refractivity contribution is 5.94. The molecule has 2 aromatic carbocycles. The van der Waals surface area contributed by atoms with Crippen LogP contribution in [-0.2, 0) is 6.18 Å². The van der Waals surface area contributed by atoms with Crippen LogP contribution in [0.3, 0.4) is 0 Å². The van der Waals surface area contributed by atoms with Crippen molar-refractivity contribution in [2.75, 3.05) is 57.3 Å². The summed E-state index contributed by atoms with van der Waals surface area (Å²) < 4.78 is 38.3. The van der Waals surface area contributed by atoms with Gasteiger partial charge in [0.05, 0.1) is 5.56 Å². The van der Waals surface area contributed by atoms with Crippen LogP contribution < -0.4 is 10.2 Å². The number of hydrogen-bond acceptors (Lipinski definition) is 4. The second kappa shape index (κ2) is 10.2. The fraction of sp³-hybridized carbons (Fsp3) is 0.519. The van der Waals surface area contributed by atoms with E-state index in [0.717, 1.165) is 64.4 Å². The Kier molecular flexibility index (Phi) is 7.02. The average molecular weight is 487 g/mol. The fourth-order valence-electron chi connectivity index (χ4n) is 5.95. The number of alkyl halides is 3. The van der Waals surface area contributed by atoms with Crippen molar-refractivity contribution in [1.82, 2.24) is 15.1 Å². The van der Waals surface area contributed by atoms with Gasteiger partial charge >= 0.3 is 6.18 Å². The number of carbonyl (C=O) groups excluding carboxylic acids is 1. The van der Waals surface area contributed by atoms with Crippen LogP contribution in [0, 0.1) is 11.8 Å². The molecule has 35 heavy (non-hydrogen) atoms. The Labute approximate surface area is 204 Å². The molecule has 2 bridgehead atoms. The van der Waals surface area contributed by atoms with E-state index in [9.17, 15) is 18.0 Å². The number of halogens is 3. The summed E-state index contributed by atoms with van der Waals surface area (Å²) in [5, 5.41) is 2.95. The minimum Gasteiger partial charge on any atom is -0.369 e. The Hall–Kier alpha value is -2.58. The largest absolute Gasteiger partial charge is 0.416 e. The SMILES string of the molecule is O=C(NC[C@H]1C[C@@H]2CCN1C[C@@H]2CN1CCN(c2ccccc2)CC1)c1ccc(C(F)(F)F)cc1. The van der Waals surface area contributed by atoms with Crippen LogP contribution in [0.4, 0.5) is 18.9 Å². The summed E-state index contributed by atoms with van der Waals surface area (Å²) in [6, 6.07) is 15.3. The number of carbonyl (C=O) groups is 1. The fourth-order valence-corrected chi connectivity index (χ4v) is 5.95. The monoisotopic (exact) mass is 486 g/mol.